The van der Waals surface area contributed by atoms with E-state index in [0.717, 1.165) is 0 Å². The summed E-state index contributed by atoms with van der Waals surface area (Å²) in [6.45, 7) is 1.61. The van der Waals surface area contributed by atoms with Crippen LogP contribution >= 0.6 is 23.4 Å². The van der Waals surface area contributed by atoms with Gasteiger partial charge in [-0.3, -0.25) is 4.79 Å². The standard InChI is InChI=1S/C12H11ClN2O3S/c1-7(12(16)17)19-6-10-14-15-11(18-10)8-4-2-3-5-9(8)13/h2-5,7H,6H2,1H3,(H,16,17). The smallest absolute Gasteiger partial charge is 0.316 e. The maximum Gasteiger partial charge on any atom is 0.316 e. The zero-order valence-corrected chi connectivity index (χ0v) is 11.6. The topological polar surface area (TPSA) is 76.2 Å². The summed E-state index contributed by atoms with van der Waals surface area (Å²) >= 11 is 7.25. The normalized spacial score (nSPS) is 12.3. The van der Waals surface area contributed by atoms with E-state index >= 15 is 0 Å². The quantitative estimate of drug-likeness (QED) is 0.914. The summed E-state index contributed by atoms with van der Waals surface area (Å²) in [5, 5.41) is 16.6. The van der Waals surface area contributed by atoms with Crippen LogP contribution in [0, 0.1) is 0 Å². The number of aliphatic carboxylic acids is 1. The van der Waals surface area contributed by atoms with Crippen LogP contribution in [0.4, 0.5) is 0 Å². The van der Waals surface area contributed by atoms with Crippen LogP contribution in [0.2, 0.25) is 5.02 Å². The summed E-state index contributed by atoms with van der Waals surface area (Å²) in [5.41, 5.74) is 0.666. The van der Waals surface area contributed by atoms with Crippen LogP contribution in [0.25, 0.3) is 11.5 Å². The fourth-order valence-corrected chi connectivity index (χ4v) is 2.19. The SMILES string of the molecule is CC(SCc1nnc(-c2ccccc2Cl)o1)C(=O)O. The Morgan fingerprint density at radius 2 is 2.21 bits per heavy atom. The third-order valence-corrected chi connectivity index (χ3v) is 3.82. The average Bonchev–Trinajstić information content (AvgIpc) is 2.85. The number of halogens is 1. The summed E-state index contributed by atoms with van der Waals surface area (Å²) in [4.78, 5) is 10.7. The second-order valence-corrected chi connectivity index (χ2v) is 5.51. The number of hydrogen-bond acceptors (Lipinski definition) is 5. The first-order chi connectivity index (χ1) is 9.08. The first-order valence-corrected chi connectivity index (χ1v) is 6.92. The molecule has 1 heterocycles. The highest BCUT2D eigenvalue weighted by molar-refractivity contribution is 7.99. The number of aromatic nitrogens is 2. The third-order valence-electron chi connectivity index (χ3n) is 2.38. The molecular formula is C12H11ClN2O3S. The van der Waals surface area contributed by atoms with Crippen LogP contribution < -0.4 is 0 Å². The van der Waals surface area contributed by atoms with E-state index in [1.807, 2.05) is 12.1 Å². The molecule has 2 rings (SSSR count). The number of hydrogen-bond donors (Lipinski definition) is 1. The fourth-order valence-electron chi connectivity index (χ4n) is 1.32. The molecule has 0 radical (unpaired) electrons. The van der Waals surface area contributed by atoms with Crippen molar-refractivity contribution in [3.8, 4) is 11.5 Å². The molecule has 0 spiro atoms. The minimum absolute atomic E-state index is 0.337. The lowest BCUT2D eigenvalue weighted by Crippen LogP contribution is -2.11. The number of carbonyl (C=O) groups is 1. The number of nitrogens with zero attached hydrogens (tertiary/aromatic N) is 2. The lowest BCUT2D eigenvalue weighted by Gasteiger charge is -2.02. The van der Waals surface area contributed by atoms with Crippen molar-refractivity contribution >= 4 is 29.3 Å². The minimum Gasteiger partial charge on any atom is -0.480 e. The number of benzene rings is 1. The van der Waals surface area contributed by atoms with Gasteiger partial charge in [0.2, 0.25) is 11.8 Å². The molecule has 0 aliphatic rings. The van der Waals surface area contributed by atoms with Gasteiger partial charge in [0.05, 0.1) is 21.6 Å². The predicted octanol–water partition coefficient (Wildman–Crippen LogP) is 3.10. The Hall–Kier alpha value is -1.53. The molecule has 1 atom stereocenters. The number of rotatable bonds is 5. The predicted molar refractivity (Wildman–Crippen MR) is 73.1 cm³/mol. The molecular weight excluding hydrogens is 288 g/mol. The van der Waals surface area contributed by atoms with Crippen LogP contribution in [-0.4, -0.2) is 26.5 Å². The lowest BCUT2D eigenvalue weighted by molar-refractivity contribution is -0.136. The van der Waals surface area contributed by atoms with Crippen LogP contribution in [0.1, 0.15) is 12.8 Å². The van der Waals surface area contributed by atoms with E-state index < -0.39 is 11.2 Å². The van der Waals surface area contributed by atoms with Gasteiger partial charge in [0.25, 0.3) is 0 Å². The van der Waals surface area contributed by atoms with Crippen molar-refractivity contribution in [2.45, 2.75) is 17.9 Å². The van der Waals surface area contributed by atoms with E-state index in [9.17, 15) is 4.79 Å². The molecule has 0 fully saturated rings. The van der Waals surface area contributed by atoms with Gasteiger partial charge in [-0.15, -0.1) is 22.0 Å². The summed E-state index contributed by atoms with van der Waals surface area (Å²) in [6.07, 6.45) is 0. The highest BCUT2D eigenvalue weighted by Crippen LogP contribution is 2.27. The highest BCUT2D eigenvalue weighted by atomic mass is 35.5. The summed E-state index contributed by atoms with van der Waals surface area (Å²) in [6, 6.07) is 7.16. The van der Waals surface area contributed by atoms with Gasteiger partial charge >= 0.3 is 5.97 Å². The largest absolute Gasteiger partial charge is 0.480 e. The highest BCUT2D eigenvalue weighted by Gasteiger charge is 2.15. The Bertz CT molecular complexity index is 588. The summed E-state index contributed by atoms with van der Waals surface area (Å²) in [5.74, 6) is 0.207. The number of carboxylic acid groups (broad SMARTS) is 1. The van der Waals surface area contributed by atoms with Gasteiger partial charge < -0.3 is 9.52 Å². The molecule has 0 saturated heterocycles. The Morgan fingerprint density at radius 1 is 1.47 bits per heavy atom. The van der Waals surface area contributed by atoms with Crippen molar-refractivity contribution in [3.63, 3.8) is 0 Å². The van der Waals surface area contributed by atoms with Crippen molar-refractivity contribution < 1.29 is 14.3 Å². The Morgan fingerprint density at radius 3 is 2.89 bits per heavy atom. The van der Waals surface area contributed by atoms with E-state index in [2.05, 4.69) is 10.2 Å². The molecule has 1 aromatic heterocycles. The van der Waals surface area contributed by atoms with Gasteiger partial charge in [-0.25, -0.2) is 0 Å². The van der Waals surface area contributed by atoms with E-state index in [1.165, 1.54) is 11.8 Å². The zero-order chi connectivity index (χ0) is 13.8. The molecule has 0 saturated carbocycles. The molecule has 0 aliphatic heterocycles. The molecule has 1 aromatic carbocycles. The Balaban J connectivity index is 2.08. The van der Waals surface area contributed by atoms with Crippen LogP contribution in [0.3, 0.4) is 0 Å². The first kappa shape index (κ1) is 13.9. The van der Waals surface area contributed by atoms with E-state index in [4.69, 9.17) is 21.1 Å². The van der Waals surface area contributed by atoms with Crippen molar-refractivity contribution in [1.82, 2.24) is 10.2 Å². The molecule has 1 N–H and O–H groups in total. The second kappa shape index (κ2) is 6.08. The Labute approximate surface area is 119 Å². The molecule has 1 unspecified atom stereocenters. The fraction of sp³-hybridized carbons (Fsp3) is 0.250. The van der Waals surface area contributed by atoms with Crippen molar-refractivity contribution in [2.75, 3.05) is 0 Å². The molecule has 2 aromatic rings. The summed E-state index contributed by atoms with van der Waals surface area (Å²) < 4.78 is 5.46. The van der Waals surface area contributed by atoms with E-state index in [-0.39, 0.29) is 0 Å². The number of thioether (sulfide) groups is 1. The molecule has 0 aliphatic carbocycles. The van der Waals surface area contributed by atoms with Crippen LogP contribution in [0.5, 0.6) is 0 Å². The molecule has 100 valence electrons. The van der Waals surface area contributed by atoms with Crippen LogP contribution in [-0.2, 0) is 10.5 Å². The lowest BCUT2D eigenvalue weighted by atomic mass is 10.2. The van der Waals surface area contributed by atoms with Crippen molar-refractivity contribution in [1.29, 1.82) is 0 Å². The zero-order valence-electron chi connectivity index (χ0n) is 10.0. The number of carboxylic acids is 1. The monoisotopic (exact) mass is 298 g/mol. The Kier molecular flexibility index (Phi) is 4.44. The van der Waals surface area contributed by atoms with Gasteiger partial charge in [-0.2, -0.15) is 0 Å². The van der Waals surface area contributed by atoms with Gasteiger partial charge in [0.15, 0.2) is 0 Å². The summed E-state index contributed by atoms with van der Waals surface area (Å²) in [7, 11) is 0. The van der Waals surface area contributed by atoms with Crippen LogP contribution in [0.15, 0.2) is 28.7 Å². The van der Waals surface area contributed by atoms with Gasteiger partial charge in [0.1, 0.15) is 0 Å². The van der Waals surface area contributed by atoms with Gasteiger partial charge in [-0.05, 0) is 19.1 Å². The molecule has 0 bridgehead atoms. The maximum atomic E-state index is 10.7. The minimum atomic E-state index is -0.865. The molecule has 19 heavy (non-hydrogen) atoms. The molecule has 5 nitrogen and oxygen atoms in total. The van der Waals surface area contributed by atoms with E-state index in [0.29, 0.717) is 28.1 Å². The third kappa shape index (κ3) is 3.48. The second-order valence-electron chi connectivity index (χ2n) is 3.77. The van der Waals surface area contributed by atoms with E-state index in [1.54, 1.807) is 19.1 Å². The first-order valence-electron chi connectivity index (χ1n) is 5.49. The average molecular weight is 299 g/mol. The van der Waals surface area contributed by atoms with Gasteiger partial charge in [0, 0.05) is 0 Å². The van der Waals surface area contributed by atoms with Crippen molar-refractivity contribution in [2.24, 2.45) is 0 Å². The maximum absolute atomic E-state index is 10.7. The molecule has 7 heteroatoms. The van der Waals surface area contributed by atoms with Gasteiger partial charge in [-0.1, -0.05) is 23.7 Å². The van der Waals surface area contributed by atoms with Crippen molar-refractivity contribution in [3.05, 3.63) is 35.2 Å². The molecule has 0 amide bonds.